The van der Waals surface area contributed by atoms with Crippen LogP contribution in [0, 0.1) is 24.7 Å². The van der Waals surface area contributed by atoms with Crippen LogP contribution in [0.25, 0.3) is 28.3 Å². The van der Waals surface area contributed by atoms with Crippen LogP contribution in [0.15, 0.2) is 91.1 Å². The molecule has 2 aromatic heterocycles. The van der Waals surface area contributed by atoms with Gasteiger partial charge in [-0.3, -0.25) is 9.55 Å². The lowest BCUT2D eigenvalue weighted by molar-refractivity contribution is 0.411. The zero-order valence-corrected chi connectivity index (χ0v) is 28.4. The quantitative estimate of drug-likeness (QED) is 0.191. The van der Waals surface area contributed by atoms with Crippen molar-refractivity contribution < 1.29 is 0 Å². The number of nitrogens with zero attached hydrogens (tertiary/aromatic N) is 3. The second-order valence-corrected chi connectivity index (χ2v) is 15.5. The number of aryl methyl sites for hydroxylation is 2. The summed E-state index contributed by atoms with van der Waals surface area (Å²) < 4.78 is 2.30. The summed E-state index contributed by atoms with van der Waals surface area (Å²) in [5.74, 6) is 0.965. The fourth-order valence-electron chi connectivity index (χ4n) is 6.20. The Morgan fingerprint density at radius 1 is 0.568 bits per heavy atom. The van der Waals surface area contributed by atoms with Crippen LogP contribution in [0.1, 0.15) is 89.0 Å². The molecule has 3 nitrogen and oxygen atoms in total. The Labute approximate surface area is 265 Å². The highest BCUT2D eigenvalue weighted by Crippen LogP contribution is 2.36. The highest BCUT2D eigenvalue weighted by molar-refractivity contribution is 5.64. The minimum absolute atomic E-state index is 0.205. The first-order chi connectivity index (χ1) is 20.6. The molecule has 3 heteroatoms. The normalized spacial score (nSPS) is 12.5. The van der Waals surface area contributed by atoms with Gasteiger partial charge >= 0.3 is 0 Å². The maximum Gasteiger partial charge on any atom is 0.144 e. The molecule has 44 heavy (non-hydrogen) atoms. The van der Waals surface area contributed by atoms with Crippen molar-refractivity contribution in [3.8, 4) is 28.3 Å². The Balaban J connectivity index is 1.61. The molecular formula is C41H49N3. The molecule has 228 valence electrons. The van der Waals surface area contributed by atoms with Gasteiger partial charge in [0.25, 0.3) is 0 Å². The molecule has 0 unspecified atom stereocenters. The van der Waals surface area contributed by atoms with E-state index in [1.54, 1.807) is 0 Å². The van der Waals surface area contributed by atoms with Gasteiger partial charge in [0.05, 0.1) is 28.2 Å². The summed E-state index contributed by atoms with van der Waals surface area (Å²) in [5, 5.41) is 0. The molecular weight excluding hydrogens is 534 g/mol. The van der Waals surface area contributed by atoms with Crippen LogP contribution < -0.4 is 0 Å². The average molecular weight is 584 g/mol. The van der Waals surface area contributed by atoms with Crippen LogP contribution in [0.2, 0.25) is 0 Å². The maximum absolute atomic E-state index is 5.40. The van der Waals surface area contributed by atoms with Crippen LogP contribution in [0.4, 0.5) is 0 Å². The van der Waals surface area contributed by atoms with Gasteiger partial charge in [-0.1, -0.05) is 102 Å². The fraction of sp³-hybridized carbons (Fsp3) is 0.366. The number of aromatic nitrogens is 3. The van der Waals surface area contributed by atoms with E-state index >= 15 is 0 Å². The standard InChI is InChI=1S/C41H49N3/c1-28-15-11-16-29(2)37(28)44-27-36(43-38(44)33-20-13-18-31(24-33)26-40(6,7)8)41(9,10)35-22-14-21-34(42-35)32-19-12-17-30(23-32)25-39(3,4)5/h11-24,27H,25-26H2,1-10H3. The van der Waals surface area contributed by atoms with Gasteiger partial charge in [-0.05, 0) is 97.9 Å². The SMILES string of the molecule is Cc1cccc(C)c1-n1cc(C(C)(C)c2cccc(-c3cccc(CC(C)(C)C)c3)n2)nc1-c1cccc(CC(C)(C)C)c1. The van der Waals surface area contributed by atoms with Crippen molar-refractivity contribution in [2.45, 2.75) is 87.5 Å². The Morgan fingerprint density at radius 3 is 1.68 bits per heavy atom. The summed E-state index contributed by atoms with van der Waals surface area (Å²) >= 11 is 0. The fourth-order valence-corrected chi connectivity index (χ4v) is 6.20. The highest BCUT2D eigenvalue weighted by Gasteiger charge is 2.30. The minimum Gasteiger partial charge on any atom is -0.299 e. The first-order valence-electron chi connectivity index (χ1n) is 15.9. The summed E-state index contributed by atoms with van der Waals surface area (Å²) in [4.78, 5) is 10.7. The van der Waals surface area contributed by atoms with E-state index in [2.05, 4.69) is 165 Å². The summed E-state index contributed by atoms with van der Waals surface area (Å²) in [6.07, 6.45) is 4.28. The molecule has 0 amide bonds. The molecule has 5 aromatic rings. The van der Waals surface area contributed by atoms with E-state index in [9.17, 15) is 0 Å². The molecule has 0 spiro atoms. The number of pyridine rings is 1. The van der Waals surface area contributed by atoms with Gasteiger partial charge in [0.1, 0.15) is 5.82 Å². The van der Waals surface area contributed by atoms with Crippen molar-refractivity contribution in [1.82, 2.24) is 14.5 Å². The Morgan fingerprint density at radius 2 is 1.09 bits per heavy atom. The molecule has 2 heterocycles. The third kappa shape index (κ3) is 7.04. The van der Waals surface area contributed by atoms with Crippen molar-refractivity contribution in [2.24, 2.45) is 10.8 Å². The van der Waals surface area contributed by atoms with Crippen LogP contribution in [-0.2, 0) is 18.3 Å². The Kier molecular flexibility index (Phi) is 8.46. The third-order valence-electron chi connectivity index (χ3n) is 8.29. The molecule has 5 rings (SSSR count). The summed E-state index contributed by atoms with van der Waals surface area (Å²) in [7, 11) is 0. The minimum atomic E-state index is -0.418. The van der Waals surface area contributed by atoms with E-state index in [1.807, 2.05) is 0 Å². The molecule has 0 radical (unpaired) electrons. The van der Waals surface area contributed by atoms with Gasteiger partial charge in [0, 0.05) is 17.3 Å². The van der Waals surface area contributed by atoms with E-state index in [0.717, 1.165) is 46.9 Å². The highest BCUT2D eigenvalue weighted by atomic mass is 15.1. The molecule has 0 aliphatic heterocycles. The van der Waals surface area contributed by atoms with Crippen molar-refractivity contribution in [3.63, 3.8) is 0 Å². The van der Waals surface area contributed by atoms with Crippen molar-refractivity contribution in [1.29, 1.82) is 0 Å². The lowest BCUT2D eigenvalue weighted by Crippen LogP contribution is -2.21. The number of benzene rings is 3. The van der Waals surface area contributed by atoms with Crippen molar-refractivity contribution in [3.05, 3.63) is 125 Å². The summed E-state index contributed by atoms with van der Waals surface area (Å²) in [6.45, 7) is 22.6. The predicted molar refractivity (Wildman–Crippen MR) is 187 cm³/mol. The topological polar surface area (TPSA) is 30.7 Å². The Bertz CT molecular complexity index is 1750. The molecule has 0 aliphatic rings. The molecule has 0 aliphatic carbocycles. The van der Waals surface area contributed by atoms with Crippen LogP contribution in [0.3, 0.4) is 0 Å². The van der Waals surface area contributed by atoms with Crippen LogP contribution in [0.5, 0.6) is 0 Å². The zero-order chi connectivity index (χ0) is 31.9. The lowest BCUT2D eigenvalue weighted by atomic mass is 9.85. The first kappa shape index (κ1) is 31.4. The van der Waals surface area contributed by atoms with Gasteiger partial charge in [-0.15, -0.1) is 0 Å². The summed E-state index contributed by atoms with van der Waals surface area (Å²) in [5.41, 5.74) is 11.6. The molecule has 0 saturated heterocycles. The largest absolute Gasteiger partial charge is 0.299 e. The molecule has 0 atom stereocenters. The first-order valence-corrected chi connectivity index (χ1v) is 15.9. The van der Waals surface area contributed by atoms with E-state index in [1.165, 1.54) is 27.9 Å². The van der Waals surface area contributed by atoms with E-state index in [0.29, 0.717) is 0 Å². The number of rotatable bonds is 7. The summed E-state index contributed by atoms with van der Waals surface area (Å²) in [6, 6.07) is 30.7. The molecule has 0 bridgehead atoms. The zero-order valence-electron chi connectivity index (χ0n) is 28.4. The van der Waals surface area contributed by atoms with Gasteiger partial charge in [-0.2, -0.15) is 0 Å². The molecule has 0 fully saturated rings. The number of hydrogen-bond donors (Lipinski definition) is 0. The van der Waals surface area contributed by atoms with E-state index < -0.39 is 5.41 Å². The molecule has 0 saturated carbocycles. The lowest BCUT2D eigenvalue weighted by Gasteiger charge is -2.23. The van der Waals surface area contributed by atoms with Crippen molar-refractivity contribution >= 4 is 0 Å². The van der Waals surface area contributed by atoms with Crippen LogP contribution >= 0.6 is 0 Å². The molecule has 0 N–H and O–H groups in total. The number of para-hydroxylation sites is 1. The number of imidazole rings is 1. The average Bonchev–Trinajstić information content (AvgIpc) is 3.37. The molecule has 3 aromatic carbocycles. The Hall–Kier alpha value is -3.98. The number of hydrogen-bond acceptors (Lipinski definition) is 2. The van der Waals surface area contributed by atoms with Gasteiger partial charge in [-0.25, -0.2) is 4.98 Å². The van der Waals surface area contributed by atoms with Crippen LogP contribution in [-0.4, -0.2) is 14.5 Å². The van der Waals surface area contributed by atoms with Crippen molar-refractivity contribution in [2.75, 3.05) is 0 Å². The van der Waals surface area contributed by atoms with E-state index in [4.69, 9.17) is 9.97 Å². The van der Waals surface area contributed by atoms with E-state index in [-0.39, 0.29) is 10.8 Å². The monoisotopic (exact) mass is 583 g/mol. The second-order valence-electron chi connectivity index (χ2n) is 15.5. The third-order valence-corrected chi connectivity index (χ3v) is 8.29. The predicted octanol–water partition coefficient (Wildman–Crippen LogP) is 10.7. The van der Waals surface area contributed by atoms with Gasteiger partial charge in [0.15, 0.2) is 0 Å². The smallest absolute Gasteiger partial charge is 0.144 e. The van der Waals surface area contributed by atoms with Gasteiger partial charge < -0.3 is 0 Å². The maximum atomic E-state index is 5.40. The van der Waals surface area contributed by atoms with Gasteiger partial charge in [0.2, 0.25) is 0 Å². The second kappa shape index (κ2) is 11.8.